The summed E-state index contributed by atoms with van der Waals surface area (Å²) in [6, 6.07) is 13.9. The number of carbonyl (C=O) groups is 1. The number of thiazole rings is 1. The largest absolute Gasteiger partial charge is 0.493 e. The summed E-state index contributed by atoms with van der Waals surface area (Å²) in [4.78, 5) is 19.0. The van der Waals surface area contributed by atoms with Gasteiger partial charge in [-0.3, -0.25) is 4.79 Å². The summed E-state index contributed by atoms with van der Waals surface area (Å²) < 4.78 is 24.0. The molecule has 5 rings (SSSR count). The minimum absolute atomic E-state index is 0.114. The first kappa shape index (κ1) is 21.0. The average molecular weight is 455 g/mol. The zero-order valence-corrected chi connectivity index (χ0v) is 18.8. The second-order valence-corrected chi connectivity index (χ2v) is 9.00. The predicted molar refractivity (Wildman–Crippen MR) is 122 cm³/mol. The molecule has 168 valence electrons. The van der Waals surface area contributed by atoms with Gasteiger partial charge in [0.25, 0.3) is 5.19 Å². The smallest absolute Gasteiger partial charge is 0.274 e. The highest BCUT2D eigenvalue weighted by Crippen LogP contribution is 2.36. The first-order valence-corrected chi connectivity index (χ1v) is 11.7. The van der Waals surface area contributed by atoms with E-state index in [-0.39, 0.29) is 18.1 Å². The van der Waals surface area contributed by atoms with Gasteiger partial charge in [-0.2, -0.15) is 0 Å². The van der Waals surface area contributed by atoms with E-state index >= 15 is 0 Å². The number of ether oxygens (including phenoxy) is 4. The van der Waals surface area contributed by atoms with E-state index in [4.69, 9.17) is 18.9 Å². The minimum atomic E-state index is -0.236. The van der Waals surface area contributed by atoms with Crippen LogP contribution in [-0.4, -0.2) is 55.5 Å². The van der Waals surface area contributed by atoms with Gasteiger partial charge in [-0.25, -0.2) is 4.98 Å². The van der Waals surface area contributed by atoms with E-state index in [1.54, 1.807) is 7.11 Å². The highest BCUT2D eigenvalue weighted by Gasteiger charge is 2.31. The molecular weight excluding hydrogens is 428 g/mol. The molecule has 2 aliphatic rings. The van der Waals surface area contributed by atoms with E-state index in [9.17, 15) is 4.79 Å². The van der Waals surface area contributed by atoms with E-state index in [0.29, 0.717) is 42.8 Å². The molecule has 3 aromatic rings. The van der Waals surface area contributed by atoms with Crippen molar-refractivity contribution in [1.29, 1.82) is 0 Å². The molecule has 2 fully saturated rings. The Morgan fingerprint density at radius 2 is 2.12 bits per heavy atom. The second kappa shape index (κ2) is 9.34. The summed E-state index contributed by atoms with van der Waals surface area (Å²) >= 11 is 1.52. The Morgan fingerprint density at radius 1 is 1.22 bits per heavy atom. The van der Waals surface area contributed by atoms with Crippen LogP contribution >= 0.6 is 11.3 Å². The van der Waals surface area contributed by atoms with Gasteiger partial charge in [-0.05, 0) is 36.2 Å². The number of amides is 1. The zero-order valence-electron chi connectivity index (χ0n) is 18.0. The number of likely N-dealkylation sites (tertiary alicyclic amines) is 1. The van der Waals surface area contributed by atoms with Crippen LogP contribution in [0, 0.1) is 0 Å². The average Bonchev–Trinajstić information content (AvgIpc) is 3.54. The molecule has 2 unspecified atom stereocenters. The van der Waals surface area contributed by atoms with Crippen molar-refractivity contribution in [2.45, 2.75) is 31.5 Å². The molecule has 0 radical (unpaired) electrons. The van der Waals surface area contributed by atoms with Gasteiger partial charge in [0.2, 0.25) is 5.91 Å². The van der Waals surface area contributed by atoms with Gasteiger partial charge in [0.15, 0.2) is 17.8 Å². The van der Waals surface area contributed by atoms with Crippen LogP contribution in [0.5, 0.6) is 16.7 Å². The third-order valence-electron chi connectivity index (χ3n) is 5.88. The molecule has 2 atom stereocenters. The number of hydrogen-bond donors (Lipinski definition) is 0. The van der Waals surface area contributed by atoms with Gasteiger partial charge < -0.3 is 23.8 Å². The molecule has 1 amide bonds. The lowest BCUT2D eigenvalue weighted by atomic mass is 9.98. The van der Waals surface area contributed by atoms with Gasteiger partial charge in [-0.15, -0.1) is 0 Å². The molecule has 0 N–H and O–H groups in total. The van der Waals surface area contributed by atoms with Gasteiger partial charge in [0.05, 0.1) is 30.5 Å². The molecular formula is C24H26N2O5S. The molecule has 0 aliphatic carbocycles. The first-order valence-electron chi connectivity index (χ1n) is 10.9. The SMILES string of the molecule is COc1ccc(C2CC(=O)N(CCOc3nc4ccccc4s3)C2)cc1OC1CCCO1. The van der Waals surface area contributed by atoms with Crippen molar-refractivity contribution in [2.75, 3.05) is 33.4 Å². The van der Waals surface area contributed by atoms with Gasteiger partial charge in [0.1, 0.15) is 6.61 Å². The molecule has 0 bridgehead atoms. The number of fused-ring (bicyclic) bond motifs is 1. The number of benzene rings is 2. The Labute approximate surface area is 190 Å². The Morgan fingerprint density at radius 3 is 2.94 bits per heavy atom. The maximum atomic E-state index is 12.6. The fourth-order valence-corrected chi connectivity index (χ4v) is 5.03. The summed E-state index contributed by atoms with van der Waals surface area (Å²) in [5.74, 6) is 1.60. The number of hydrogen-bond acceptors (Lipinski definition) is 7. The molecule has 2 aliphatic heterocycles. The molecule has 8 heteroatoms. The number of carbonyl (C=O) groups excluding carboxylic acids is 1. The summed E-state index contributed by atoms with van der Waals surface area (Å²) in [5, 5.41) is 0.639. The highest BCUT2D eigenvalue weighted by atomic mass is 32.1. The van der Waals surface area contributed by atoms with Crippen LogP contribution in [0.4, 0.5) is 0 Å². The Balaban J connectivity index is 1.20. The maximum absolute atomic E-state index is 12.6. The molecule has 2 aromatic carbocycles. The Hall–Kier alpha value is -2.84. The number of para-hydroxylation sites is 1. The van der Waals surface area contributed by atoms with Crippen molar-refractivity contribution in [3.63, 3.8) is 0 Å². The third-order valence-corrected chi connectivity index (χ3v) is 6.83. The van der Waals surface area contributed by atoms with Crippen LogP contribution in [0.15, 0.2) is 42.5 Å². The lowest BCUT2D eigenvalue weighted by Crippen LogP contribution is -2.29. The fourth-order valence-electron chi connectivity index (χ4n) is 4.19. The standard InChI is InChI=1S/C24H26N2O5S/c1-28-19-9-8-16(13-20(19)31-23-7-4-11-29-23)17-14-22(27)26(15-17)10-12-30-24-25-18-5-2-3-6-21(18)32-24/h2-3,5-6,8-9,13,17,23H,4,7,10-12,14-15H2,1H3. The van der Waals surface area contributed by atoms with Crippen molar-refractivity contribution >= 4 is 27.5 Å². The predicted octanol–water partition coefficient (Wildman–Crippen LogP) is 4.22. The summed E-state index contributed by atoms with van der Waals surface area (Å²) in [7, 11) is 1.63. The lowest BCUT2D eigenvalue weighted by Gasteiger charge is -2.19. The fraction of sp³-hybridized carbons (Fsp3) is 0.417. The van der Waals surface area contributed by atoms with E-state index < -0.39 is 0 Å². The van der Waals surface area contributed by atoms with Crippen LogP contribution < -0.4 is 14.2 Å². The molecule has 0 saturated carbocycles. The van der Waals surface area contributed by atoms with E-state index in [1.165, 1.54) is 11.3 Å². The van der Waals surface area contributed by atoms with Crippen molar-refractivity contribution < 1.29 is 23.7 Å². The second-order valence-electron chi connectivity index (χ2n) is 8.01. The van der Waals surface area contributed by atoms with Gasteiger partial charge in [-0.1, -0.05) is 29.5 Å². The number of nitrogens with zero attached hydrogens (tertiary/aromatic N) is 2. The number of aromatic nitrogens is 1. The van der Waals surface area contributed by atoms with Crippen LogP contribution in [-0.2, 0) is 9.53 Å². The van der Waals surface area contributed by atoms with Crippen LogP contribution in [0.1, 0.15) is 30.7 Å². The maximum Gasteiger partial charge on any atom is 0.274 e. The summed E-state index contributed by atoms with van der Waals surface area (Å²) in [6.45, 7) is 2.35. The molecule has 2 saturated heterocycles. The minimum Gasteiger partial charge on any atom is -0.493 e. The van der Waals surface area contributed by atoms with Crippen molar-refractivity contribution in [2.24, 2.45) is 0 Å². The summed E-state index contributed by atoms with van der Waals surface area (Å²) in [6.07, 6.45) is 2.11. The first-order chi connectivity index (χ1) is 15.7. The molecule has 7 nitrogen and oxygen atoms in total. The van der Waals surface area contributed by atoms with E-state index in [2.05, 4.69) is 4.98 Å². The topological polar surface area (TPSA) is 70.1 Å². The zero-order chi connectivity index (χ0) is 21.9. The number of methoxy groups -OCH3 is 1. The van der Waals surface area contributed by atoms with Crippen molar-refractivity contribution in [3.05, 3.63) is 48.0 Å². The normalized spacial score (nSPS) is 20.8. The van der Waals surface area contributed by atoms with Gasteiger partial charge in [0, 0.05) is 25.3 Å². The highest BCUT2D eigenvalue weighted by molar-refractivity contribution is 7.20. The van der Waals surface area contributed by atoms with Crippen molar-refractivity contribution in [1.82, 2.24) is 9.88 Å². The monoisotopic (exact) mass is 454 g/mol. The lowest BCUT2D eigenvalue weighted by molar-refractivity contribution is -0.128. The quantitative estimate of drug-likeness (QED) is 0.508. The van der Waals surface area contributed by atoms with Crippen LogP contribution in [0.25, 0.3) is 10.2 Å². The Bertz CT molecular complexity index is 1060. The van der Waals surface area contributed by atoms with Gasteiger partial charge >= 0.3 is 0 Å². The summed E-state index contributed by atoms with van der Waals surface area (Å²) in [5.41, 5.74) is 2.01. The molecule has 0 spiro atoms. The van der Waals surface area contributed by atoms with Crippen LogP contribution in [0.2, 0.25) is 0 Å². The molecule has 3 heterocycles. The van der Waals surface area contributed by atoms with E-state index in [0.717, 1.165) is 35.2 Å². The number of rotatable bonds is 8. The van der Waals surface area contributed by atoms with Crippen molar-refractivity contribution in [3.8, 4) is 16.7 Å². The Kier molecular flexibility index (Phi) is 6.14. The van der Waals surface area contributed by atoms with Crippen LogP contribution in [0.3, 0.4) is 0 Å². The molecule has 1 aromatic heterocycles. The third kappa shape index (κ3) is 4.52. The molecule has 32 heavy (non-hydrogen) atoms. The van der Waals surface area contributed by atoms with E-state index in [1.807, 2.05) is 47.4 Å².